The molecule has 0 saturated heterocycles. The molecule has 0 aliphatic carbocycles. The van der Waals surface area contributed by atoms with Gasteiger partial charge in [0.2, 0.25) is 5.91 Å². The van der Waals surface area contributed by atoms with Crippen molar-refractivity contribution in [3.63, 3.8) is 0 Å². The lowest BCUT2D eigenvalue weighted by atomic mass is 10.3. The summed E-state index contributed by atoms with van der Waals surface area (Å²) in [6.07, 6.45) is 0. The topological polar surface area (TPSA) is 67.6 Å². The first-order valence-electron chi connectivity index (χ1n) is 5.89. The second-order valence-corrected chi connectivity index (χ2v) is 4.45. The number of nitrogens with one attached hydrogen (secondary N) is 1. The van der Waals surface area contributed by atoms with Gasteiger partial charge in [-0.05, 0) is 26.1 Å². The Hall–Kier alpha value is -1.59. The van der Waals surface area contributed by atoms with Crippen LogP contribution in [-0.2, 0) is 4.79 Å². The Bertz CT molecular complexity index is 394. The van der Waals surface area contributed by atoms with Gasteiger partial charge in [0.15, 0.2) is 0 Å². The van der Waals surface area contributed by atoms with Gasteiger partial charge in [-0.15, -0.1) is 0 Å². The third-order valence-electron chi connectivity index (χ3n) is 2.37. The van der Waals surface area contributed by atoms with Crippen molar-refractivity contribution in [1.29, 1.82) is 0 Å². The third-order valence-corrected chi connectivity index (χ3v) is 2.37. The second kappa shape index (κ2) is 6.98. The van der Waals surface area contributed by atoms with E-state index in [-0.39, 0.29) is 11.9 Å². The summed E-state index contributed by atoms with van der Waals surface area (Å²) in [5.74, 6) is 0.656. The number of anilines is 1. The molecule has 100 valence electrons. The van der Waals surface area contributed by atoms with Gasteiger partial charge in [-0.25, -0.2) is 0 Å². The van der Waals surface area contributed by atoms with Crippen molar-refractivity contribution >= 4 is 11.6 Å². The number of likely N-dealkylation sites (N-methyl/N-ethyl adjacent to an activating group) is 1. The van der Waals surface area contributed by atoms with Crippen LogP contribution in [0.5, 0.6) is 5.75 Å². The summed E-state index contributed by atoms with van der Waals surface area (Å²) in [5, 5.41) is 2.82. The van der Waals surface area contributed by atoms with Crippen LogP contribution in [0, 0.1) is 0 Å². The quantitative estimate of drug-likeness (QED) is 0.788. The molecule has 0 heterocycles. The van der Waals surface area contributed by atoms with E-state index in [1.807, 2.05) is 37.1 Å². The normalized spacial score (nSPS) is 12.3. The fourth-order valence-electron chi connectivity index (χ4n) is 1.70. The van der Waals surface area contributed by atoms with E-state index in [2.05, 4.69) is 5.32 Å². The Labute approximate surface area is 108 Å². The molecule has 0 aliphatic heterocycles. The number of benzene rings is 1. The van der Waals surface area contributed by atoms with E-state index in [4.69, 9.17) is 10.5 Å². The fourth-order valence-corrected chi connectivity index (χ4v) is 1.70. The highest BCUT2D eigenvalue weighted by molar-refractivity contribution is 5.92. The molecule has 0 spiro atoms. The lowest BCUT2D eigenvalue weighted by Crippen LogP contribution is -2.37. The van der Waals surface area contributed by atoms with Crippen LogP contribution in [0.3, 0.4) is 0 Å². The molecular weight excluding hydrogens is 230 g/mol. The van der Waals surface area contributed by atoms with E-state index < -0.39 is 0 Å². The summed E-state index contributed by atoms with van der Waals surface area (Å²) < 4.78 is 5.09. The minimum Gasteiger partial charge on any atom is -0.497 e. The van der Waals surface area contributed by atoms with Crippen molar-refractivity contribution in [2.24, 2.45) is 5.73 Å². The molecule has 1 amide bonds. The van der Waals surface area contributed by atoms with Crippen LogP contribution in [-0.4, -0.2) is 44.1 Å². The molecule has 1 rings (SSSR count). The molecule has 1 aromatic rings. The predicted molar refractivity (Wildman–Crippen MR) is 72.8 cm³/mol. The number of amides is 1. The molecule has 0 radical (unpaired) electrons. The van der Waals surface area contributed by atoms with Crippen LogP contribution in [0.1, 0.15) is 6.92 Å². The van der Waals surface area contributed by atoms with E-state index in [1.54, 1.807) is 13.2 Å². The smallest absolute Gasteiger partial charge is 0.238 e. The van der Waals surface area contributed by atoms with Gasteiger partial charge in [0, 0.05) is 24.3 Å². The molecule has 0 saturated carbocycles. The molecule has 18 heavy (non-hydrogen) atoms. The molecule has 0 aliphatic rings. The van der Waals surface area contributed by atoms with Crippen molar-refractivity contribution < 1.29 is 9.53 Å². The van der Waals surface area contributed by atoms with Gasteiger partial charge >= 0.3 is 0 Å². The van der Waals surface area contributed by atoms with Crippen LogP contribution < -0.4 is 15.8 Å². The first kappa shape index (κ1) is 14.5. The van der Waals surface area contributed by atoms with E-state index in [0.29, 0.717) is 13.1 Å². The van der Waals surface area contributed by atoms with E-state index >= 15 is 0 Å². The van der Waals surface area contributed by atoms with Crippen LogP contribution in [0.15, 0.2) is 24.3 Å². The SMILES string of the molecule is COc1cccc(NC(=O)CN(C)CC(C)N)c1. The summed E-state index contributed by atoms with van der Waals surface area (Å²) in [5.41, 5.74) is 6.40. The van der Waals surface area contributed by atoms with Gasteiger partial charge in [0.05, 0.1) is 13.7 Å². The zero-order valence-electron chi connectivity index (χ0n) is 11.1. The maximum atomic E-state index is 11.8. The number of hydrogen-bond donors (Lipinski definition) is 2. The van der Waals surface area contributed by atoms with Crippen molar-refractivity contribution in [3.05, 3.63) is 24.3 Å². The maximum Gasteiger partial charge on any atom is 0.238 e. The van der Waals surface area contributed by atoms with E-state index in [0.717, 1.165) is 11.4 Å². The number of nitrogens with zero attached hydrogens (tertiary/aromatic N) is 1. The lowest BCUT2D eigenvalue weighted by molar-refractivity contribution is -0.117. The largest absolute Gasteiger partial charge is 0.497 e. The predicted octanol–water partition coefficient (Wildman–Crippen LogP) is 0.913. The van der Waals surface area contributed by atoms with Crippen LogP contribution >= 0.6 is 0 Å². The number of ether oxygens (including phenoxy) is 1. The van der Waals surface area contributed by atoms with Crippen molar-refractivity contribution in [3.8, 4) is 5.75 Å². The minimum atomic E-state index is -0.0635. The van der Waals surface area contributed by atoms with Crippen molar-refractivity contribution in [1.82, 2.24) is 4.90 Å². The van der Waals surface area contributed by atoms with Gasteiger partial charge in [-0.3, -0.25) is 9.69 Å². The Morgan fingerprint density at radius 3 is 2.89 bits per heavy atom. The Kier molecular flexibility index (Phi) is 5.61. The molecular formula is C13H21N3O2. The zero-order chi connectivity index (χ0) is 13.5. The van der Waals surface area contributed by atoms with Gasteiger partial charge in [-0.2, -0.15) is 0 Å². The number of methoxy groups -OCH3 is 1. The van der Waals surface area contributed by atoms with Crippen molar-refractivity contribution in [2.75, 3.05) is 32.6 Å². The molecule has 0 aromatic heterocycles. The summed E-state index contributed by atoms with van der Waals surface area (Å²) >= 11 is 0. The van der Waals surface area contributed by atoms with Gasteiger partial charge in [0.25, 0.3) is 0 Å². The van der Waals surface area contributed by atoms with Crippen LogP contribution in [0.2, 0.25) is 0 Å². The number of rotatable bonds is 6. The van der Waals surface area contributed by atoms with Crippen LogP contribution in [0.4, 0.5) is 5.69 Å². The second-order valence-electron chi connectivity index (χ2n) is 4.45. The van der Waals surface area contributed by atoms with E-state index in [1.165, 1.54) is 0 Å². The molecule has 0 fully saturated rings. The summed E-state index contributed by atoms with van der Waals surface area (Å²) in [4.78, 5) is 13.7. The first-order valence-corrected chi connectivity index (χ1v) is 5.89. The number of hydrogen-bond acceptors (Lipinski definition) is 4. The Morgan fingerprint density at radius 2 is 2.28 bits per heavy atom. The average molecular weight is 251 g/mol. The number of nitrogens with two attached hydrogens (primary N) is 1. The summed E-state index contributed by atoms with van der Waals surface area (Å²) in [6.45, 7) is 2.92. The molecule has 5 nitrogen and oxygen atoms in total. The number of carbonyl (C=O) groups excluding carboxylic acids is 1. The van der Waals surface area contributed by atoms with Crippen LogP contribution in [0.25, 0.3) is 0 Å². The maximum absolute atomic E-state index is 11.8. The Balaban J connectivity index is 2.48. The molecule has 0 bridgehead atoms. The molecule has 1 aromatic carbocycles. The Morgan fingerprint density at radius 1 is 1.56 bits per heavy atom. The first-order chi connectivity index (χ1) is 8.51. The third kappa shape index (κ3) is 5.16. The van der Waals surface area contributed by atoms with Gasteiger partial charge in [0.1, 0.15) is 5.75 Å². The lowest BCUT2D eigenvalue weighted by Gasteiger charge is -2.18. The highest BCUT2D eigenvalue weighted by atomic mass is 16.5. The summed E-state index contributed by atoms with van der Waals surface area (Å²) in [7, 11) is 3.46. The molecule has 3 N–H and O–H groups in total. The van der Waals surface area contributed by atoms with E-state index in [9.17, 15) is 4.79 Å². The van der Waals surface area contributed by atoms with Gasteiger partial charge < -0.3 is 15.8 Å². The minimum absolute atomic E-state index is 0.0552. The molecule has 1 unspecified atom stereocenters. The van der Waals surface area contributed by atoms with Crippen molar-refractivity contribution in [2.45, 2.75) is 13.0 Å². The molecule has 5 heteroatoms. The average Bonchev–Trinajstić information content (AvgIpc) is 2.27. The zero-order valence-corrected chi connectivity index (χ0v) is 11.1. The summed E-state index contributed by atoms with van der Waals surface area (Å²) in [6, 6.07) is 7.33. The highest BCUT2D eigenvalue weighted by Gasteiger charge is 2.08. The standard InChI is InChI=1S/C13H21N3O2/c1-10(14)8-16(2)9-13(17)15-11-5-4-6-12(7-11)18-3/h4-7,10H,8-9,14H2,1-3H3,(H,15,17). The molecule has 1 atom stereocenters. The number of carbonyl (C=O) groups is 1. The van der Waals surface area contributed by atoms with Gasteiger partial charge in [-0.1, -0.05) is 6.07 Å². The highest BCUT2D eigenvalue weighted by Crippen LogP contribution is 2.16. The monoisotopic (exact) mass is 251 g/mol. The fraction of sp³-hybridized carbons (Fsp3) is 0.462.